The first-order valence-electron chi connectivity index (χ1n) is 8.06. The van der Waals surface area contributed by atoms with Gasteiger partial charge >= 0.3 is 0 Å². The van der Waals surface area contributed by atoms with Crippen molar-refractivity contribution in [3.05, 3.63) is 21.9 Å². The minimum atomic E-state index is 0.276. The van der Waals surface area contributed by atoms with Gasteiger partial charge in [0.05, 0.1) is 6.04 Å². The number of rotatable bonds is 5. The second-order valence-corrected chi connectivity index (χ2v) is 7.46. The molecule has 0 bridgehead atoms. The molecule has 0 amide bonds. The van der Waals surface area contributed by atoms with Crippen molar-refractivity contribution in [2.24, 2.45) is 0 Å². The van der Waals surface area contributed by atoms with Crippen LogP contribution in [0.3, 0.4) is 0 Å². The third kappa shape index (κ3) is 3.10. The minimum absolute atomic E-state index is 0.276. The van der Waals surface area contributed by atoms with E-state index in [2.05, 4.69) is 49.6 Å². The molecule has 1 aliphatic carbocycles. The number of nitrogens with one attached hydrogen (secondary N) is 1. The molecule has 20 heavy (non-hydrogen) atoms. The molecule has 0 spiro atoms. The van der Waals surface area contributed by atoms with Crippen LogP contribution in [0.4, 0.5) is 0 Å². The van der Waals surface area contributed by atoms with Gasteiger partial charge in [-0.2, -0.15) is 0 Å². The highest BCUT2D eigenvalue weighted by molar-refractivity contribution is 7.10. The average Bonchev–Trinajstić information content (AvgIpc) is 2.69. The summed E-state index contributed by atoms with van der Waals surface area (Å²) in [5.41, 5.74) is 1.80. The van der Waals surface area contributed by atoms with Crippen LogP contribution < -0.4 is 5.32 Å². The maximum atomic E-state index is 3.81. The summed E-state index contributed by atoms with van der Waals surface area (Å²) in [6, 6.07) is 2.80. The van der Waals surface area contributed by atoms with E-state index in [4.69, 9.17) is 0 Å². The van der Waals surface area contributed by atoms with E-state index in [-0.39, 0.29) is 5.54 Å². The number of likely N-dealkylation sites (N-methyl/N-ethyl adjacent to an activating group) is 2. The summed E-state index contributed by atoms with van der Waals surface area (Å²) in [5.74, 6) is 0. The molecule has 0 radical (unpaired) electrons. The summed E-state index contributed by atoms with van der Waals surface area (Å²) in [6.45, 7) is 5.54. The summed E-state index contributed by atoms with van der Waals surface area (Å²) < 4.78 is 0. The first kappa shape index (κ1) is 16.0. The summed E-state index contributed by atoms with van der Waals surface area (Å²) in [7, 11) is 4.55. The Kier molecular flexibility index (Phi) is 5.65. The average molecular weight is 295 g/mol. The lowest BCUT2D eigenvalue weighted by atomic mass is 9.78. The Morgan fingerprint density at radius 3 is 2.35 bits per heavy atom. The fourth-order valence-corrected chi connectivity index (χ4v) is 4.56. The standard InChI is InChI=1S/C17H30N2S/c1-5-18-16(15-10-13-20-14(15)2)17(19(3)4)11-8-6-7-9-12-17/h10,13,16,18H,5-9,11-12H2,1-4H3. The van der Waals surface area contributed by atoms with Gasteiger partial charge in [-0.05, 0) is 57.4 Å². The summed E-state index contributed by atoms with van der Waals surface area (Å²) in [6.07, 6.45) is 8.15. The molecule has 1 N–H and O–H groups in total. The van der Waals surface area contributed by atoms with Crippen LogP contribution in [0.1, 0.15) is 61.9 Å². The lowest BCUT2D eigenvalue weighted by Crippen LogP contribution is -2.53. The predicted molar refractivity (Wildman–Crippen MR) is 89.6 cm³/mol. The highest BCUT2D eigenvalue weighted by Gasteiger charge is 2.41. The smallest absolute Gasteiger partial charge is 0.0517 e. The quantitative estimate of drug-likeness (QED) is 0.812. The van der Waals surface area contributed by atoms with Crippen molar-refractivity contribution in [3.63, 3.8) is 0 Å². The van der Waals surface area contributed by atoms with Crippen LogP contribution in [0, 0.1) is 6.92 Å². The number of aryl methyl sites for hydroxylation is 1. The van der Waals surface area contributed by atoms with E-state index in [1.54, 1.807) is 0 Å². The monoisotopic (exact) mass is 294 g/mol. The Hall–Kier alpha value is -0.380. The lowest BCUT2D eigenvalue weighted by Gasteiger charge is -2.46. The largest absolute Gasteiger partial charge is 0.309 e. The first-order valence-corrected chi connectivity index (χ1v) is 8.94. The molecule has 0 aliphatic heterocycles. The molecule has 1 saturated carbocycles. The molecule has 1 atom stereocenters. The van der Waals surface area contributed by atoms with Gasteiger partial charge in [0.1, 0.15) is 0 Å². The molecule has 2 nitrogen and oxygen atoms in total. The normalized spacial score (nSPS) is 20.9. The topological polar surface area (TPSA) is 15.3 Å². The molecule has 2 rings (SSSR count). The van der Waals surface area contributed by atoms with E-state index in [1.807, 2.05) is 11.3 Å². The van der Waals surface area contributed by atoms with Gasteiger partial charge in [-0.3, -0.25) is 0 Å². The highest BCUT2D eigenvalue weighted by atomic mass is 32.1. The van der Waals surface area contributed by atoms with Crippen molar-refractivity contribution in [2.45, 2.75) is 64.0 Å². The van der Waals surface area contributed by atoms with Crippen molar-refractivity contribution < 1.29 is 0 Å². The van der Waals surface area contributed by atoms with Crippen molar-refractivity contribution in [1.82, 2.24) is 10.2 Å². The van der Waals surface area contributed by atoms with E-state index in [0.29, 0.717) is 6.04 Å². The van der Waals surface area contributed by atoms with Crippen molar-refractivity contribution in [3.8, 4) is 0 Å². The van der Waals surface area contributed by atoms with E-state index in [1.165, 1.54) is 49.0 Å². The fraction of sp³-hybridized carbons (Fsp3) is 0.765. The van der Waals surface area contributed by atoms with Gasteiger partial charge in [-0.25, -0.2) is 0 Å². The van der Waals surface area contributed by atoms with Gasteiger partial charge in [0.15, 0.2) is 0 Å². The molecule has 1 heterocycles. The Bertz CT molecular complexity index is 403. The van der Waals surface area contributed by atoms with Crippen molar-refractivity contribution >= 4 is 11.3 Å². The van der Waals surface area contributed by atoms with Gasteiger partial charge in [0.2, 0.25) is 0 Å². The zero-order valence-corrected chi connectivity index (χ0v) is 14.4. The SMILES string of the molecule is CCNC(c1ccsc1C)C1(N(C)C)CCCCCC1. The molecule has 1 fully saturated rings. The molecule has 1 aromatic heterocycles. The summed E-state index contributed by atoms with van der Waals surface area (Å²) in [5, 5.41) is 6.06. The molecule has 1 aliphatic rings. The van der Waals surface area contributed by atoms with Gasteiger partial charge < -0.3 is 10.2 Å². The molecule has 1 aromatic rings. The summed E-state index contributed by atoms with van der Waals surface area (Å²) in [4.78, 5) is 3.98. The predicted octanol–water partition coefficient (Wildman–Crippen LogP) is 4.36. The third-order valence-electron chi connectivity index (χ3n) is 5.02. The maximum absolute atomic E-state index is 3.81. The lowest BCUT2D eigenvalue weighted by molar-refractivity contribution is 0.0806. The van der Waals surface area contributed by atoms with Crippen LogP contribution in [0.25, 0.3) is 0 Å². The first-order chi connectivity index (χ1) is 9.62. The van der Waals surface area contributed by atoms with E-state index < -0.39 is 0 Å². The van der Waals surface area contributed by atoms with Crippen LogP contribution >= 0.6 is 11.3 Å². The van der Waals surface area contributed by atoms with Crippen LogP contribution in [-0.4, -0.2) is 31.1 Å². The molecular weight excluding hydrogens is 264 g/mol. The summed E-state index contributed by atoms with van der Waals surface area (Å²) >= 11 is 1.88. The molecule has 0 saturated heterocycles. The maximum Gasteiger partial charge on any atom is 0.0517 e. The zero-order chi connectivity index (χ0) is 14.6. The van der Waals surface area contributed by atoms with E-state index in [9.17, 15) is 0 Å². The van der Waals surface area contributed by atoms with Crippen LogP contribution in [0.2, 0.25) is 0 Å². The van der Waals surface area contributed by atoms with Gasteiger partial charge in [-0.15, -0.1) is 11.3 Å². The number of nitrogens with zero attached hydrogens (tertiary/aromatic N) is 1. The second kappa shape index (κ2) is 7.06. The second-order valence-electron chi connectivity index (χ2n) is 6.34. The zero-order valence-electron chi connectivity index (χ0n) is 13.5. The highest BCUT2D eigenvalue weighted by Crippen LogP contribution is 2.42. The van der Waals surface area contributed by atoms with Crippen LogP contribution in [-0.2, 0) is 0 Å². The molecule has 3 heteroatoms. The minimum Gasteiger partial charge on any atom is -0.309 e. The van der Waals surface area contributed by atoms with Crippen molar-refractivity contribution in [2.75, 3.05) is 20.6 Å². The third-order valence-corrected chi connectivity index (χ3v) is 5.88. The number of hydrogen-bond acceptors (Lipinski definition) is 3. The number of thiophene rings is 1. The van der Waals surface area contributed by atoms with Gasteiger partial charge in [0, 0.05) is 10.4 Å². The van der Waals surface area contributed by atoms with E-state index in [0.717, 1.165) is 6.54 Å². The molecule has 0 aromatic carbocycles. The van der Waals surface area contributed by atoms with Gasteiger partial charge in [-0.1, -0.05) is 32.6 Å². The number of hydrogen-bond donors (Lipinski definition) is 1. The Morgan fingerprint density at radius 2 is 1.90 bits per heavy atom. The Balaban J connectivity index is 2.39. The molecular formula is C17H30N2S. The Labute approximate surface area is 128 Å². The fourth-order valence-electron chi connectivity index (χ4n) is 3.82. The molecule has 114 valence electrons. The van der Waals surface area contributed by atoms with Crippen LogP contribution in [0.15, 0.2) is 11.4 Å². The van der Waals surface area contributed by atoms with E-state index >= 15 is 0 Å². The Morgan fingerprint density at radius 1 is 1.25 bits per heavy atom. The van der Waals surface area contributed by atoms with Crippen molar-refractivity contribution in [1.29, 1.82) is 0 Å². The van der Waals surface area contributed by atoms with Crippen LogP contribution in [0.5, 0.6) is 0 Å². The van der Waals surface area contributed by atoms with Gasteiger partial charge in [0.25, 0.3) is 0 Å². The molecule has 1 unspecified atom stereocenters.